The molecule has 0 unspecified atom stereocenters. The van der Waals surface area contributed by atoms with Gasteiger partial charge in [-0.15, -0.1) is 0 Å². The minimum absolute atomic E-state index is 0.129. The standard InChI is InChI=1S/C16H14BrNO/c17-12-14-6-9-15(10-7-14)18-16(19)11-8-13-4-2-1-3-5-13/h1-11H,12H2,(H,18,19)/b11-8+. The molecular formula is C16H14BrNO. The van der Waals surface area contributed by atoms with Crippen molar-refractivity contribution in [2.45, 2.75) is 5.33 Å². The van der Waals surface area contributed by atoms with Crippen molar-refractivity contribution in [1.29, 1.82) is 0 Å². The van der Waals surface area contributed by atoms with E-state index in [1.807, 2.05) is 54.6 Å². The molecule has 0 aliphatic rings. The highest BCUT2D eigenvalue weighted by molar-refractivity contribution is 9.08. The number of anilines is 1. The van der Waals surface area contributed by atoms with Gasteiger partial charge < -0.3 is 5.32 Å². The number of carbonyl (C=O) groups is 1. The van der Waals surface area contributed by atoms with Crippen LogP contribution in [0.5, 0.6) is 0 Å². The summed E-state index contributed by atoms with van der Waals surface area (Å²) >= 11 is 3.39. The third-order valence-corrected chi connectivity index (χ3v) is 3.25. The van der Waals surface area contributed by atoms with Crippen LogP contribution in [-0.2, 0) is 10.1 Å². The number of benzene rings is 2. The predicted molar refractivity (Wildman–Crippen MR) is 83.2 cm³/mol. The molecule has 1 N–H and O–H groups in total. The Morgan fingerprint density at radius 1 is 1.05 bits per heavy atom. The molecule has 2 aromatic carbocycles. The molecule has 0 atom stereocenters. The fourth-order valence-electron chi connectivity index (χ4n) is 1.60. The lowest BCUT2D eigenvalue weighted by molar-refractivity contribution is -0.111. The summed E-state index contributed by atoms with van der Waals surface area (Å²) in [6.07, 6.45) is 3.33. The number of nitrogens with one attached hydrogen (secondary N) is 1. The maximum atomic E-state index is 11.7. The van der Waals surface area contributed by atoms with Crippen molar-refractivity contribution >= 4 is 33.6 Å². The number of alkyl halides is 1. The van der Waals surface area contributed by atoms with Gasteiger partial charge in [0.2, 0.25) is 5.91 Å². The summed E-state index contributed by atoms with van der Waals surface area (Å²) in [7, 11) is 0. The summed E-state index contributed by atoms with van der Waals surface area (Å²) in [5.74, 6) is -0.129. The average molecular weight is 316 g/mol. The average Bonchev–Trinajstić information content (AvgIpc) is 2.47. The van der Waals surface area contributed by atoms with Crippen LogP contribution in [0, 0.1) is 0 Å². The van der Waals surface area contributed by atoms with E-state index in [1.165, 1.54) is 11.6 Å². The first-order valence-corrected chi connectivity index (χ1v) is 7.09. The van der Waals surface area contributed by atoms with Gasteiger partial charge in [-0.3, -0.25) is 4.79 Å². The van der Waals surface area contributed by atoms with E-state index in [-0.39, 0.29) is 5.91 Å². The molecule has 19 heavy (non-hydrogen) atoms. The molecule has 0 saturated carbocycles. The minimum atomic E-state index is -0.129. The summed E-state index contributed by atoms with van der Waals surface area (Å²) < 4.78 is 0. The summed E-state index contributed by atoms with van der Waals surface area (Å²) in [5, 5.41) is 3.64. The summed E-state index contributed by atoms with van der Waals surface area (Å²) in [6.45, 7) is 0. The molecule has 0 aliphatic carbocycles. The second-order valence-corrected chi connectivity index (χ2v) is 4.62. The summed E-state index contributed by atoms with van der Waals surface area (Å²) in [6, 6.07) is 17.5. The van der Waals surface area contributed by atoms with E-state index in [0.29, 0.717) is 0 Å². The highest BCUT2D eigenvalue weighted by Crippen LogP contribution is 2.12. The first-order valence-electron chi connectivity index (χ1n) is 5.97. The van der Waals surface area contributed by atoms with Crippen molar-refractivity contribution in [3.63, 3.8) is 0 Å². The zero-order chi connectivity index (χ0) is 13.5. The van der Waals surface area contributed by atoms with E-state index in [9.17, 15) is 4.79 Å². The predicted octanol–water partition coefficient (Wildman–Crippen LogP) is 4.23. The van der Waals surface area contributed by atoms with Crippen molar-refractivity contribution in [2.24, 2.45) is 0 Å². The SMILES string of the molecule is O=C(/C=C/c1ccccc1)Nc1ccc(CBr)cc1. The van der Waals surface area contributed by atoms with Gasteiger partial charge in [0, 0.05) is 17.1 Å². The van der Waals surface area contributed by atoms with Gasteiger partial charge in [-0.2, -0.15) is 0 Å². The molecule has 0 saturated heterocycles. The Bertz CT molecular complexity index is 561. The van der Waals surface area contributed by atoms with Crippen molar-refractivity contribution in [3.8, 4) is 0 Å². The molecule has 2 rings (SSSR count). The monoisotopic (exact) mass is 315 g/mol. The van der Waals surface area contributed by atoms with Gasteiger partial charge in [0.1, 0.15) is 0 Å². The lowest BCUT2D eigenvalue weighted by Crippen LogP contribution is -2.07. The Kier molecular flexibility index (Phi) is 4.93. The van der Waals surface area contributed by atoms with Gasteiger partial charge in [-0.05, 0) is 29.3 Å². The van der Waals surface area contributed by atoms with Crippen LogP contribution in [0.4, 0.5) is 5.69 Å². The number of rotatable bonds is 4. The van der Waals surface area contributed by atoms with Crippen LogP contribution >= 0.6 is 15.9 Å². The molecular weight excluding hydrogens is 302 g/mol. The van der Waals surface area contributed by atoms with Gasteiger partial charge in [0.25, 0.3) is 0 Å². The zero-order valence-corrected chi connectivity index (χ0v) is 11.9. The Hall–Kier alpha value is -1.87. The number of amides is 1. The van der Waals surface area contributed by atoms with Crippen LogP contribution in [0.15, 0.2) is 60.7 Å². The van der Waals surface area contributed by atoms with Gasteiger partial charge in [-0.1, -0.05) is 58.4 Å². The smallest absolute Gasteiger partial charge is 0.248 e. The Morgan fingerprint density at radius 2 is 1.74 bits per heavy atom. The van der Waals surface area contributed by atoms with Gasteiger partial charge >= 0.3 is 0 Å². The van der Waals surface area contributed by atoms with Crippen molar-refractivity contribution in [2.75, 3.05) is 5.32 Å². The first-order chi connectivity index (χ1) is 9.28. The first kappa shape index (κ1) is 13.6. The van der Waals surface area contributed by atoms with Gasteiger partial charge in [-0.25, -0.2) is 0 Å². The molecule has 0 bridgehead atoms. The Morgan fingerprint density at radius 3 is 2.37 bits per heavy atom. The molecule has 0 radical (unpaired) electrons. The molecule has 0 aliphatic heterocycles. The highest BCUT2D eigenvalue weighted by atomic mass is 79.9. The number of carbonyl (C=O) groups excluding carboxylic acids is 1. The molecule has 2 nitrogen and oxygen atoms in total. The van der Waals surface area contributed by atoms with Crippen LogP contribution < -0.4 is 5.32 Å². The number of hydrogen-bond acceptors (Lipinski definition) is 1. The normalized spacial score (nSPS) is 10.6. The Labute approximate surface area is 121 Å². The topological polar surface area (TPSA) is 29.1 Å². The van der Waals surface area contributed by atoms with Crippen LogP contribution in [-0.4, -0.2) is 5.91 Å². The van der Waals surface area contributed by atoms with E-state index in [1.54, 1.807) is 6.08 Å². The molecule has 96 valence electrons. The largest absolute Gasteiger partial charge is 0.323 e. The quantitative estimate of drug-likeness (QED) is 0.663. The minimum Gasteiger partial charge on any atom is -0.323 e. The van der Waals surface area contributed by atoms with Gasteiger partial charge in [0.15, 0.2) is 0 Å². The lowest BCUT2D eigenvalue weighted by Gasteiger charge is -2.02. The maximum absolute atomic E-state index is 11.7. The zero-order valence-electron chi connectivity index (χ0n) is 10.3. The van der Waals surface area contributed by atoms with Crippen LogP contribution in [0.2, 0.25) is 0 Å². The molecule has 0 spiro atoms. The van der Waals surface area contributed by atoms with E-state index in [0.717, 1.165) is 16.6 Å². The van der Waals surface area contributed by atoms with Crippen LogP contribution in [0.1, 0.15) is 11.1 Å². The summed E-state index contributed by atoms with van der Waals surface area (Å²) in [4.78, 5) is 11.7. The Balaban J connectivity index is 1.95. The summed E-state index contributed by atoms with van der Waals surface area (Å²) in [5.41, 5.74) is 2.98. The lowest BCUT2D eigenvalue weighted by atomic mass is 10.2. The highest BCUT2D eigenvalue weighted by Gasteiger charge is 1.97. The fourth-order valence-corrected chi connectivity index (χ4v) is 1.97. The van der Waals surface area contributed by atoms with Crippen LogP contribution in [0.25, 0.3) is 6.08 Å². The molecule has 3 heteroatoms. The van der Waals surface area contributed by atoms with Crippen LogP contribution in [0.3, 0.4) is 0 Å². The molecule has 1 amide bonds. The third kappa shape index (κ3) is 4.38. The van der Waals surface area contributed by atoms with E-state index in [4.69, 9.17) is 0 Å². The number of halogens is 1. The van der Waals surface area contributed by atoms with E-state index < -0.39 is 0 Å². The van der Waals surface area contributed by atoms with Crippen molar-refractivity contribution in [3.05, 3.63) is 71.8 Å². The number of hydrogen-bond donors (Lipinski definition) is 1. The van der Waals surface area contributed by atoms with Crippen molar-refractivity contribution in [1.82, 2.24) is 0 Å². The van der Waals surface area contributed by atoms with Crippen molar-refractivity contribution < 1.29 is 4.79 Å². The maximum Gasteiger partial charge on any atom is 0.248 e. The van der Waals surface area contributed by atoms with E-state index >= 15 is 0 Å². The third-order valence-electron chi connectivity index (χ3n) is 2.60. The van der Waals surface area contributed by atoms with E-state index in [2.05, 4.69) is 21.2 Å². The molecule has 0 aromatic heterocycles. The molecule has 2 aromatic rings. The van der Waals surface area contributed by atoms with Gasteiger partial charge in [0.05, 0.1) is 0 Å². The second kappa shape index (κ2) is 6.90. The molecule has 0 fully saturated rings. The molecule has 0 heterocycles. The second-order valence-electron chi connectivity index (χ2n) is 4.06. The fraction of sp³-hybridized carbons (Fsp3) is 0.0625.